The van der Waals surface area contributed by atoms with Crippen LogP contribution in [0.1, 0.15) is 111 Å². The highest BCUT2D eigenvalue weighted by atomic mass is 14.9. The number of benzene rings is 6. The van der Waals surface area contributed by atoms with E-state index in [1.807, 2.05) is 0 Å². The minimum atomic E-state index is -0.283. The summed E-state index contributed by atoms with van der Waals surface area (Å²) in [5.41, 5.74) is 22.0. The molecule has 3 aromatic heterocycles. The molecular formula is C57H45N3. The molecule has 288 valence electrons. The Kier molecular flexibility index (Phi) is 6.22. The van der Waals surface area contributed by atoms with E-state index >= 15 is 0 Å². The quantitative estimate of drug-likeness (QED) is 0.167. The van der Waals surface area contributed by atoms with Crippen LogP contribution in [0.5, 0.6) is 0 Å². The molecule has 2 atom stereocenters. The van der Waals surface area contributed by atoms with Crippen molar-refractivity contribution in [2.75, 3.05) is 0 Å². The standard InChI is InChI=1S/C57H45N3/c1-56(2)42-16-8-5-12-37(42)48-35(28-58)27-46-51(53(48)39-14-7-10-18-44(39)56)40-25-32(36-15-11-19-45-50(36)38-13-6-9-17-43(38)57(45,3)4)26-41-52-47(60(46)55(40)41)29-59-54-34-23-30-20-31(24-34)22-33(21-30)49(52)54/h5-19,25-27,29-31,33-34H,20-24H2,1-4H3. The zero-order valence-electron chi connectivity index (χ0n) is 34.7. The Hall–Kier alpha value is -6.24. The summed E-state index contributed by atoms with van der Waals surface area (Å²) >= 11 is 0. The number of hydrogen-bond donors (Lipinski definition) is 0. The molecule has 2 unspecified atom stereocenters. The van der Waals surface area contributed by atoms with Gasteiger partial charge in [-0.15, -0.1) is 0 Å². The predicted octanol–water partition coefficient (Wildman–Crippen LogP) is 14.4. The molecule has 2 saturated carbocycles. The Bertz CT molecular complexity index is 3440. The minimum absolute atomic E-state index is 0.0955. The molecule has 2 fully saturated rings. The Morgan fingerprint density at radius 2 is 1.12 bits per heavy atom. The van der Waals surface area contributed by atoms with Crippen LogP contribution in [0, 0.1) is 23.2 Å². The second-order valence-electron chi connectivity index (χ2n) is 20.2. The fourth-order valence-electron chi connectivity index (χ4n) is 14.2. The Morgan fingerprint density at radius 1 is 0.567 bits per heavy atom. The second-order valence-corrected chi connectivity index (χ2v) is 20.2. The van der Waals surface area contributed by atoms with Gasteiger partial charge in [-0.05, 0) is 129 Å². The van der Waals surface area contributed by atoms with Crippen molar-refractivity contribution in [3.05, 3.63) is 154 Å². The van der Waals surface area contributed by atoms with Crippen LogP contribution in [-0.2, 0) is 10.8 Å². The molecule has 0 saturated heterocycles. The fraction of sp³-hybridized carbons (Fsp3) is 0.263. The number of aromatic nitrogens is 2. The van der Waals surface area contributed by atoms with E-state index in [2.05, 4.69) is 154 Å². The molecule has 15 rings (SSSR count). The maximum Gasteiger partial charge on any atom is 0.0999 e. The van der Waals surface area contributed by atoms with Gasteiger partial charge >= 0.3 is 0 Å². The van der Waals surface area contributed by atoms with Crippen molar-refractivity contribution in [3.8, 4) is 50.6 Å². The normalized spacial score (nSPS) is 22.2. The van der Waals surface area contributed by atoms with E-state index in [0.29, 0.717) is 11.8 Å². The van der Waals surface area contributed by atoms with E-state index in [1.54, 1.807) is 5.56 Å². The SMILES string of the molecule is CC1(C)c2ccccc2-c2c(C#N)cc3c(c2-c2ccccc21)c1cc(-c2cccc4c2-c2ccccc2C4(C)C)cc2c4c5c(ncc4n3c12)C1CC2CC(C1)CC5C2. The molecule has 0 N–H and O–H groups in total. The zero-order chi connectivity index (χ0) is 40.0. The van der Waals surface area contributed by atoms with Crippen molar-refractivity contribution in [3.63, 3.8) is 0 Å². The number of nitrogens with zero attached hydrogens (tertiary/aromatic N) is 3. The van der Waals surface area contributed by atoms with E-state index < -0.39 is 0 Å². The van der Waals surface area contributed by atoms with E-state index in [0.717, 1.165) is 34.0 Å². The van der Waals surface area contributed by atoms with Crippen LogP contribution in [0.3, 0.4) is 0 Å². The fourth-order valence-corrected chi connectivity index (χ4v) is 14.2. The molecule has 4 bridgehead atoms. The highest BCUT2D eigenvalue weighted by Gasteiger charge is 2.45. The monoisotopic (exact) mass is 771 g/mol. The van der Waals surface area contributed by atoms with E-state index in [-0.39, 0.29) is 10.8 Å². The van der Waals surface area contributed by atoms with Gasteiger partial charge < -0.3 is 4.40 Å². The third-order valence-electron chi connectivity index (χ3n) is 16.5. The first-order valence-electron chi connectivity index (χ1n) is 22.3. The molecule has 0 spiro atoms. The van der Waals surface area contributed by atoms with Gasteiger partial charge in [0, 0.05) is 55.1 Å². The summed E-state index contributed by atoms with van der Waals surface area (Å²) in [6, 6.07) is 44.0. The highest BCUT2D eigenvalue weighted by Crippen LogP contribution is 2.60. The summed E-state index contributed by atoms with van der Waals surface area (Å²) in [6.07, 6.45) is 8.77. The van der Waals surface area contributed by atoms with Crippen molar-refractivity contribution < 1.29 is 0 Å². The molecule has 3 heterocycles. The number of nitriles is 1. The lowest BCUT2D eigenvalue weighted by molar-refractivity contribution is 0.165. The smallest absolute Gasteiger partial charge is 0.0999 e. The van der Waals surface area contributed by atoms with Crippen molar-refractivity contribution in [1.82, 2.24) is 9.38 Å². The summed E-state index contributed by atoms with van der Waals surface area (Å²) < 4.78 is 2.53. The number of rotatable bonds is 1. The lowest BCUT2D eigenvalue weighted by Gasteiger charge is -2.38. The van der Waals surface area contributed by atoms with E-state index in [9.17, 15) is 5.26 Å². The van der Waals surface area contributed by atoms with Gasteiger partial charge in [0.05, 0.1) is 34.4 Å². The Balaban J connectivity index is 1.20. The van der Waals surface area contributed by atoms with Gasteiger partial charge in [-0.25, -0.2) is 0 Å². The van der Waals surface area contributed by atoms with Crippen LogP contribution < -0.4 is 0 Å². The average Bonchev–Trinajstić information content (AvgIpc) is 3.79. The first-order chi connectivity index (χ1) is 29.2. The van der Waals surface area contributed by atoms with Gasteiger partial charge in [-0.2, -0.15) is 5.26 Å². The topological polar surface area (TPSA) is 41.1 Å². The first-order valence-corrected chi connectivity index (χ1v) is 22.3. The van der Waals surface area contributed by atoms with E-state index in [1.165, 1.54) is 126 Å². The van der Waals surface area contributed by atoms with Gasteiger partial charge in [0.1, 0.15) is 0 Å². The molecule has 6 aromatic carbocycles. The molecule has 0 amide bonds. The minimum Gasteiger partial charge on any atom is -0.306 e. The molecule has 60 heavy (non-hydrogen) atoms. The van der Waals surface area contributed by atoms with Gasteiger partial charge in [-0.3, -0.25) is 4.98 Å². The van der Waals surface area contributed by atoms with E-state index in [4.69, 9.17) is 4.98 Å². The first kappa shape index (κ1) is 33.6. The van der Waals surface area contributed by atoms with Crippen molar-refractivity contribution in [2.24, 2.45) is 11.8 Å². The van der Waals surface area contributed by atoms with Crippen LogP contribution >= 0.6 is 0 Å². The van der Waals surface area contributed by atoms with Gasteiger partial charge in [-0.1, -0.05) is 119 Å². The lowest BCUT2D eigenvalue weighted by atomic mass is 9.67. The summed E-state index contributed by atoms with van der Waals surface area (Å²) in [5.74, 6) is 2.70. The maximum absolute atomic E-state index is 11.2. The molecule has 0 radical (unpaired) electrons. The molecule has 6 aliphatic rings. The summed E-state index contributed by atoms with van der Waals surface area (Å²) in [4.78, 5) is 5.52. The second kappa shape index (κ2) is 11.1. The van der Waals surface area contributed by atoms with Gasteiger partial charge in [0.15, 0.2) is 0 Å². The van der Waals surface area contributed by atoms with Crippen LogP contribution in [0.15, 0.2) is 115 Å². The molecule has 3 nitrogen and oxygen atoms in total. The van der Waals surface area contributed by atoms with Crippen molar-refractivity contribution >= 4 is 38.1 Å². The Morgan fingerprint density at radius 3 is 1.78 bits per heavy atom. The lowest BCUT2D eigenvalue weighted by Crippen LogP contribution is -2.25. The summed E-state index contributed by atoms with van der Waals surface area (Å²) in [7, 11) is 0. The van der Waals surface area contributed by atoms with Gasteiger partial charge in [0.2, 0.25) is 0 Å². The molecule has 3 heteroatoms. The van der Waals surface area contributed by atoms with Crippen molar-refractivity contribution in [2.45, 2.75) is 82.5 Å². The molecule has 6 aliphatic carbocycles. The average molecular weight is 772 g/mol. The predicted molar refractivity (Wildman–Crippen MR) is 245 cm³/mol. The molecule has 0 aliphatic heterocycles. The largest absolute Gasteiger partial charge is 0.306 e. The maximum atomic E-state index is 11.2. The van der Waals surface area contributed by atoms with Gasteiger partial charge in [0.25, 0.3) is 0 Å². The van der Waals surface area contributed by atoms with Crippen LogP contribution in [-0.4, -0.2) is 9.38 Å². The summed E-state index contributed by atoms with van der Waals surface area (Å²) in [6.45, 7) is 9.48. The number of fused-ring (bicyclic) bond motifs is 15. The van der Waals surface area contributed by atoms with Crippen LogP contribution in [0.4, 0.5) is 0 Å². The third kappa shape index (κ3) is 3.95. The third-order valence-corrected chi connectivity index (χ3v) is 16.5. The summed E-state index contributed by atoms with van der Waals surface area (Å²) in [5, 5.41) is 16.5. The zero-order valence-corrected chi connectivity index (χ0v) is 34.7. The van der Waals surface area contributed by atoms with Crippen LogP contribution in [0.2, 0.25) is 0 Å². The molecular weight excluding hydrogens is 727 g/mol. The van der Waals surface area contributed by atoms with Crippen LogP contribution in [0.25, 0.3) is 82.6 Å². The van der Waals surface area contributed by atoms with Crippen molar-refractivity contribution in [1.29, 1.82) is 5.26 Å². The highest BCUT2D eigenvalue weighted by molar-refractivity contribution is 6.29. The molecule has 9 aromatic rings. The number of hydrogen-bond acceptors (Lipinski definition) is 2. The Labute approximate surface area is 350 Å². The number of pyridine rings is 1.